The molecule has 146 valence electrons. The molecule has 0 bridgehead atoms. The highest BCUT2D eigenvalue weighted by Gasteiger charge is 2.20. The molecule has 2 heterocycles. The van der Waals surface area contributed by atoms with Crippen LogP contribution in [0.25, 0.3) is 11.5 Å². The molecule has 1 aliphatic rings. The Hall–Kier alpha value is -2.79. The number of benzene rings is 2. The van der Waals surface area contributed by atoms with Crippen molar-refractivity contribution in [3.8, 4) is 23.0 Å². The van der Waals surface area contributed by atoms with Gasteiger partial charge in [-0.25, -0.2) is 4.98 Å². The first-order valence-electron chi connectivity index (χ1n) is 9.65. The van der Waals surface area contributed by atoms with E-state index in [9.17, 15) is 0 Å². The van der Waals surface area contributed by atoms with E-state index < -0.39 is 0 Å². The molecule has 2 aromatic carbocycles. The van der Waals surface area contributed by atoms with E-state index in [2.05, 4.69) is 44.0 Å². The minimum absolute atomic E-state index is 0.203. The fraction of sp³-hybridized carbons (Fsp3) is 0.348. The Morgan fingerprint density at radius 1 is 1.04 bits per heavy atom. The standard InChI is InChI=1S/C23H26N2O3/c1-15-7-5-6-8-19(15)23-24-20(17(3)28-23)14-25(4)16(2)18-9-10-21-22(13-18)27-12-11-26-21/h5-10,13,16H,11-12,14H2,1-4H3/t16-/m1/s1. The SMILES string of the molecule is Cc1ccccc1-c1nc(CN(C)[C@H](C)c2ccc3c(c2)OCCO3)c(C)o1. The molecule has 3 aromatic rings. The number of hydrogen-bond acceptors (Lipinski definition) is 5. The zero-order valence-corrected chi connectivity index (χ0v) is 16.9. The van der Waals surface area contributed by atoms with Crippen molar-refractivity contribution >= 4 is 0 Å². The molecule has 0 saturated heterocycles. The smallest absolute Gasteiger partial charge is 0.226 e. The van der Waals surface area contributed by atoms with Gasteiger partial charge in [0.1, 0.15) is 19.0 Å². The summed E-state index contributed by atoms with van der Waals surface area (Å²) in [7, 11) is 2.10. The van der Waals surface area contributed by atoms with Gasteiger partial charge in [-0.2, -0.15) is 0 Å². The van der Waals surface area contributed by atoms with Gasteiger partial charge in [-0.3, -0.25) is 4.90 Å². The molecule has 0 saturated carbocycles. The van der Waals surface area contributed by atoms with Gasteiger partial charge in [-0.05, 0) is 57.1 Å². The summed E-state index contributed by atoms with van der Waals surface area (Å²) in [6, 6.07) is 14.5. The van der Waals surface area contributed by atoms with Crippen LogP contribution in [0, 0.1) is 13.8 Å². The van der Waals surface area contributed by atoms with Crippen LogP contribution in [0.4, 0.5) is 0 Å². The van der Waals surface area contributed by atoms with Crippen molar-refractivity contribution in [2.45, 2.75) is 33.4 Å². The molecule has 1 aromatic heterocycles. The Labute approximate surface area is 165 Å². The maximum atomic E-state index is 5.97. The van der Waals surface area contributed by atoms with E-state index in [0.717, 1.165) is 34.1 Å². The molecule has 5 nitrogen and oxygen atoms in total. The Balaban J connectivity index is 1.52. The van der Waals surface area contributed by atoms with Crippen LogP contribution in [-0.2, 0) is 6.54 Å². The fourth-order valence-corrected chi connectivity index (χ4v) is 3.45. The second-order valence-electron chi connectivity index (χ2n) is 7.33. The summed E-state index contributed by atoms with van der Waals surface area (Å²) in [5.74, 6) is 3.19. The first-order valence-corrected chi connectivity index (χ1v) is 9.65. The first-order chi connectivity index (χ1) is 13.5. The van der Waals surface area contributed by atoms with E-state index in [1.165, 1.54) is 5.56 Å². The lowest BCUT2D eigenvalue weighted by Gasteiger charge is -2.26. The van der Waals surface area contributed by atoms with Gasteiger partial charge in [-0.1, -0.05) is 24.3 Å². The van der Waals surface area contributed by atoms with Crippen molar-refractivity contribution in [2.75, 3.05) is 20.3 Å². The van der Waals surface area contributed by atoms with Gasteiger partial charge in [0.25, 0.3) is 0 Å². The number of oxazole rings is 1. The number of aryl methyl sites for hydroxylation is 2. The third-order valence-corrected chi connectivity index (χ3v) is 5.38. The maximum Gasteiger partial charge on any atom is 0.226 e. The summed E-state index contributed by atoms with van der Waals surface area (Å²) < 4.78 is 17.3. The van der Waals surface area contributed by atoms with Gasteiger partial charge < -0.3 is 13.9 Å². The number of aromatic nitrogens is 1. The number of fused-ring (bicyclic) bond motifs is 1. The molecule has 0 fully saturated rings. The molecular weight excluding hydrogens is 352 g/mol. The largest absolute Gasteiger partial charge is 0.486 e. The predicted molar refractivity (Wildman–Crippen MR) is 109 cm³/mol. The van der Waals surface area contributed by atoms with Crippen LogP contribution in [0.3, 0.4) is 0 Å². The lowest BCUT2D eigenvalue weighted by molar-refractivity contribution is 0.170. The van der Waals surface area contributed by atoms with E-state index in [4.69, 9.17) is 18.9 Å². The van der Waals surface area contributed by atoms with E-state index in [0.29, 0.717) is 25.6 Å². The second-order valence-corrected chi connectivity index (χ2v) is 7.33. The van der Waals surface area contributed by atoms with Crippen molar-refractivity contribution in [1.29, 1.82) is 0 Å². The summed E-state index contributed by atoms with van der Waals surface area (Å²) in [5, 5.41) is 0. The summed E-state index contributed by atoms with van der Waals surface area (Å²) in [4.78, 5) is 7.04. The van der Waals surface area contributed by atoms with Crippen molar-refractivity contribution in [2.24, 2.45) is 0 Å². The minimum atomic E-state index is 0.203. The summed E-state index contributed by atoms with van der Waals surface area (Å²) >= 11 is 0. The van der Waals surface area contributed by atoms with Gasteiger partial charge in [0, 0.05) is 18.2 Å². The van der Waals surface area contributed by atoms with Crippen LogP contribution in [0.5, 0.6) is 11.5 Å². The topological polar surface area (TPSA) is 47.7 Å². The molecule has 1 aliphatic heterocycles. The molecule has 0 amide bonds. The number of nitrogens with zero attached hydrogens (tertiary/aromatic N) is 2. The van der Waals surface area contributed by atoms with Crippen LogP contribution >= 0.6 is 0 Å². The van der Waals surface area contributed by atoms with Crippen molar-refractivity contribution in [3.05, 3.63) is 65.0 Å². The van der Waals surface area contributed by atoms with Crippen LogP contribution in [0.1, 0.15) is 35.5 Å². The molecular formula is C23H26N2O3. The minimum Gasteiger partial charge on any atom is -0.486 e. The van der Waals surface area contributed by atoms with Crippen LogP contribution < -0.4 is 9.47 Å². The monoisotopic (exact) mass is 378 g/mol. The fourth-order valence-electron chi connectivity index (χ4n) is 3.45. The van der Waals surface area contributed by atoms with Crippen LogP contribution in [0.2, 0.25) is 0 Å². The number of rotatable bonds is 5. The van der Waals surface area contributed by atoms with E-state index >= 15 is 0 Å². The van der Waals surface area contributed by atoms with Gasteiger partial charge in [0.15, 0.2) is 11.5 Å². The maximum absolute atomic E-state index is 5.97. The summed E-state index contributed by atoms with van der Waals surface area (Å²) in [5.41, 5.74) is 4.35. The van der Waals surface area contributed by atoms with Crippen LogP contribution in [-0.4, -0.2) is 30.1 Å². The van der Waals surface area contributed by atoms with E-state index in [-0.39, 0.29) is 6.04 Å². The normalized spacial score (nSPS) is 14.3. The van der Waals surface area contributed by atoms with E-state index in [1.54, 1.807) is 0 Å². The third kappa shape index (κ3) is 3.62. The molecule has 28 heavy (non-hydrogen) atoms. The molecule has 4 rings (SSSR count). The van der Waals surface area contributed by atoms with Gasteiger partial charge >= 0.3 is 0 Å². The highest BCUT2D eigenvalue weighted by molar-refractivity contribution is 5.58. The number of ether oxygens (including phenoxy) is 2. The first kappa shape index (κ1) is 18.6. The highest BCUT2D eigenvalue weighted by Crippen LogP contribution is 2.34. The third-order valence-electron chi connectivity index (χ3n) is 5.38. The molecule has 0 radical (unpaired) electrons. The Morgan fingerprint density at radius 3 is 2.57 bits per heavy atom. The lowest BCUT2D eigenvalue weighted by Crippen LogP contribution is -2.23. The zero-order valence-electron chi connectivity index (χ0n) is 16.9. The second kappa shape index (κ2) is 7.68. The van der Waals surface area contributed by atoms with Crippen LogP contribution in [0.15, 0.2) is 46.9 Å². The average Bonchev–Trinajstić information content (AvgIpc) is 3.07. The van der Waals surface area contributed by atoms with Gasteiger partial charge in [-0.15, -0.1) is 0 Å². The lowest BCUT2D eigenvalue weighted by atomic mass is 10.1. The average molecular weight is 378 g/mol. The predicted octanol–water partition coefficient (Wildman–Crippen LogP) is 4.92. The van der Waals surface area contributed by atoms with Crippen molar-refractivity contribution in [1.82, 2.24) is 9.88 Å². The Bertz CT molecular complexity index is 980. The Morgan fingerprint density at radius 2 is 1.79 bits per heavy atom. The van der Waals surface area contributed by atoms with Gasteiger partial charge in [0.05, 0.1) is 5.69 Å². The molecule has 0 spiro atoms. The van der Waals surface area contributed by atoms with E-state index in [1.807, 2.05) is 31.2 Å². The quantitative estimate of drug-likeness (QED) is 0.630. The molecule has 0 aliphatic carbocycles. The summed E-state index contributed by atoms with van der Waals surface area (Å²) in [6.07, 6.45) is 0. The van der Waals surface area contributed by atoms with Gasteiger partial charge in [0.2, 0.25) is 5.89 Å². The van der Waals surface area contributed by atoms with Crippen molar-refractivity contribution in [3.63, 3.8) is 0 Å². The molecule has 5 heteroatoms. The number of hydrogen-bond donors (Lipinski definition) is 0. The molecule has 0 N–H and O–H groups in total. The zero-order chi connectivity index (χ0) is 19.7. The molecule has 1 atom stereocenters. The highest BCUT2D eigenvalue weighted by atomic mass is 16.6. The van der Waals surface area contributed by atoms with Crippen molar-refractivity contribution < 1.29 is 13.9 Å². The molecule has 0 unspecified atom stereocenters. The Kier molecular flexibility index (Phi) is 5.09. The summed E-state index contributed by atoms with van der Waals surface area (Å²) in [6.45, 7) is 8.15.